The number of nitrogens with zero attached hydrogens (tertiary/aromatic N) is 4. The summed E-state index contributed by atoms with van der Waals surface area (Å²) in [5, 5.41) is 0. The molecule has 1 amide bonds. The number of anilines is 1. The zero-order chi connectivity index (χ0) is 20.8. The van der Waals surface area contributed by atoms with Crippen molar-refractivity contribution in [3.8, 4) is 0 Å². The number of rotatable bonds is 5. The average Bonchev–Trinajstić information content (AvgIpc) is 3.06. The SMILES string of the molecule is O=C(c1cccnc1)c1cccc(N2CCCN(C(=O)CC3CCCCC3)CC2)n1. The molecule has 6 nitrogen and oxygen atoms in total. The predicted octanol–water partition coefficient (Wildman–Crippen LogP) is 3.72. The van der Waals surface area contributed by atoms with Crippen LogP contribution in [0.5, 0.6) is 0 Å². The number of carbonyl (C=O) groups is 2. The van der Waals surface area contributed by atoms with E-state index in [-0.39, 0.29) is 5.78 Å². The van der Waals surface area contributed by atoms with Crippen LogP contribution in [0.4, 0.5) is 5.82 Å². The van der Waals surface area contributed by atoms with Crippen molar-refractivity contribution in [3.63, 3.8) is 0 Å². The molecule has 2 fully saturated rings. The van der Waals surface area contributed by atoms with Gasteiger partial charge < -0.3 is 9.80 Å². The molecule has 0 radical (unpaired) electrons. The summed E-state index contributed by atoms with van der Waals surface area (Å²) >= 11 is 0. The monoisotopic (exact) mass is 406 g/mol. The normalized spacial score (nSPS) is 18.1. The van der Waals surface area contributed by atoms with E-state index in [1.807, 2.05) is 17.0 Å². The molecule has 0 N–H and O–H groups in total. The molecule has 30 heavy (non-hydrogen) atoms. The number of ketones is 1. The van der Waals surface area contributed by atoms with Gasteiger partial charge in [0.2, 0.25) is 11.7 Å². The van der Waals surface area contributed by atoms with E-state index in [2.05, 4.69) is 14.9 Å². The molecule has 1 saturated carbocycles. The molecule has 1 aliphatic carbocycles. The summed E-state index contributed by atoms with van der Waals surface area (Å²) in [6.07, 6.45) is 11.1. The lowest BCUT2D eigenvalue weighted by Gasteiger charge is -2.26. The lowest BCUT2D eigenvalue weighted by molar-refractivity contribution is -0.132. The fraction of sp³-hybridized carbons (Fsp3) is 0.500. The van der Waals surface area contributed by atoms with E-state index in [0.717, 1.165) is 31.9 Å². The van der Waals surface area contributed by atoms with Gasteiger partial charge >= 0.3 is 0 Å². The first-order chi connectivity index (χ1) is 14.7. The Morgan fingerprint density at radius 2 is 1.80 bits per heavy atom. The summed E-state index contributed by atoms with van der Waals surface area (Å²) in [6.45, 7) is 3.10. The van der Waals surface area contributed by atoms with Gasteiger partial charge in [0.25, 0.3) is 0 Å². The molecule has 0 aromatic carbocycles. The molecular weight excluding hydrogens is 376 g/mol. The number of pyridine rings is 2. The van der Waals surface area contributed by atoms with Crippen LogP contribution in [0.1, 0.15) is 61.0 Å². The van der Waals surface area contributed by atoms with Crippen molar-refractivity contribution in [2.75, 3.05) is 31.1 Å². The van der Waals surface area contributed by atoms with Crippen molar-refractivity contribution in [1.82, 2.24) is 14.9 Å². The van der Waals surface area contributed by atoms with Crippen LogP contribution in [0, 0.1) is 5.92 Å². The molecule has 4 rings (SSSR count). The second-order valence-corrected chi connectivity index (χ2v) is 8.38. The molecule has 2 aromatic heterocycles. The molecule has 0 unspecified atom stereocenters. The van der Waals surface area contributed by atoms with Gasteiger partial charge in [-0.2, -0.15) is 0 Å². The van der Waals surface area contributed by atoms with E-state index in [0.29, 0.717) is 36.0 Å². The Hall–Kier alpha value is -2.76. The Morgan fingerprint density at radius 1 is 0.933 bits per heavy atom. The van der Waals surface area contributed by atoms with Gasteiger partial charge in [-0.15, -0.1) is 0 Å². The summed E-state index contributed by atoms with van der Waals surface area (Å²) in [5.41, 5.74) is 0.965. The zero-order valence-corrected chi connectivity index (χ0v) is 17.5. The molecule has 1 saturated heterocycles. The van der Waals surface area contributed by atoms with E-state index >= 15 is 0 Å². The van der Waals surface area contributed by atoms with Crippen LogP contribution < -0.4 is 4.90 Å². The third-order valence-corrected chi connectivity index (χ3v) is 6.25. The van der Waals surface area contributed by atoms with Crippen LogP contribution in [0.15, 0.2) is 42.7 Å². The van der Waals surface area contributed by atoms with Crippen molar-refractivity contribution in [3.05, 3.63) is 54.0 Å². The molecule has 6 heteroatoms. The van der Waals surface area contributed by atoms with Gasteiger partial charge in [0, 0.05) is 50.6 Å². The van der Waals surface area contributed by atoms with E-state index in [9.17, 15) is 9.59 Å². The highest BCUT2D eigenvalue weighted by Gasteiger charge is 2.24. The Morgan fingerprint density at radius 3 is 2.60 bits per heavy atom. The topological polar surface area (TPSA) is 66.4 Å². The van der Waals surface area contributed by atoms with Gasteiger partial charge in [0.1, 0.15) is 11.5 Å². The number of hydrogen-bond acceptors (Lipinski definition) is 5. The van der Waals surface area contributed by atoms with Gasteiger partial charge in [-0.1, -0.05) is 25.3 Å². The average molecular weight is 407 g/mol. The molecular formula is C24H30N4O2. The number of aromatic nitrogens is 2. The first-order valence-electron chi connectivity index (χ1n) is 11.2. The van der Waals surface area contributed by atoms with Crippen molar-refractivity contribution < 1.29 is 9.59 Å². The fourth-order valence-electron chi connectivity index (χ4n) is 4.53. The van der Waals surface area contributed by atoms with Crippen molar-refractivity contribution in [2.45, 2.75) is 44.9 Å². The van der Waals surface area contributed by atoms with Gasteiger partial charge in [-0.25, -0.2) is 4.98 Å². The predicted molar refractivity (Wildman–Crippen MR) is 117 cm³/mol. The standard InChI is InChI=1S/C24H30N4O2/c29-23(17-19-7-2-1-3-8-19)28-14-6-13-27(15-16-28)22-11-4-10-21(26-22)24(30)20-9-5-12-25-18-20/h4-5,9-12,18-19H,1-3,6-8,13-17H2. The Labute approximate surface area is 178 Å². The minimum atomic E-state index is -0.121. The van der Waals surface area contributed by atoms with Gasteiger partial charge in [0.05, 0.1) is 0 Å². The second kappa shape index (κ2) is 9.83. The lowest BCUT2D eigenvalue weighted by Crippen LogP contribution is -2.36. The summed E-state index contributed by atoms with van der Waals surface area (Å²) in [5.74, 6) is 1.55. The molecule has 158 valence electrons. The van der Waals surface area contributed by atoms with Crippen LogP contribution in [0.2, 0.25) is 0 Å². The van der Waals surface area contributed by atoms with E-state index < -0.39 is 0 Å². The van der Waals surface area contributed by atoms with E-state index in [4.69, 9.17) is 0 Å². The summed E-state index contributed by atoms with van der Waals surface area (Å²) in [7, 11) is 0. The highest BCUT2D eigenvalue weighted by molar-refractivity contribution is 6.07. The van der Waals surface area contributed by atoms with E-state index in [1.165, 1.54) is 32.1 Å². The molecule has 0 atom stereocenters. The molecule has 3 heterocycles. The van der Waals surface area contributed by atoms with Crippen molar-refractivity contribution in [1.29, 1.82) is 0 Å². The smallest absolute Gasteiger partial charge is 0.222 e. The summed E-state index contributed by atoms with van der Waals surface area (Å²) in [4.78, 5) is 38.4. The van der Waals surface area contributed by atoms with Crippen LogP contribution in [0.3, 0.4) is 0 Å². The maximum atomic E-state index is 12.8. The number of amides is 1. The minimum absolute atomic E-state index is 0.121. The van der Waals surface area contributed by atoms with Crippen LogP contribution in [-0.2, 0) is 4.79 Å². The Balaban J connectivity index is 1.38. The summed E-state index contributed by atoms with van der Waals surface area (Å²) in [6, 6.07) is 9.08. The Kier molecular flexibility index (Phi) is 6.72. The first-order valence-corrected chi connectivity index (χ1v) is 11.2. The highest BCUT2D eigenvalue weighted by atomic mass is 16.2. The van der Waals surface area contributed by atoms with Crippen LogP contribution >= 0.6 is 0 Å². The van der Waals surface area contributed by atoms with Gasteiger partial charge in [-0.3, -0.25) is 14.6 Å². The number of carbonyl (C=O) groups excluding carboxylic acids is 2. The highest BCUT2D eigenvalue weighted by Crippen LogP contribution is 2.27. The van der Waals surface area contributed by atoms with Crippen molar-refractivity contribution in [2.24, 2.45) is 5.92 Å². The maximum absolute atomic E-state index is 12.8. The molecule has 1 aliphatic heterocycles. The van der Waals surface area contributed by atoms with E-state index in [1.54, 1.807) is 30.6 Å². The first kappa shape index (κ1) is 20.5. The van der Waals surface area contributed by atoms with Gasteiger partial charge in [-0.05, 0) is 49.4 Å². The maximum Gasteiger partial charge on any atom is 0.222 e. The van der Waals surface area contributed by atoms with Crippen LogP contribution in [-0.4, -0.2) is 52.7 Å². The molecule has 2 aromatic rings. The second-order valence-electron chi connectivity index (χ2n) is 8.38. The number of hydrogen-bond donors (Lipinski definition) is 0. The quantitative estimate of drug-likeness (QED) is 0.708. The minimum Gasteiger partial charge on any atom is -0.355 e. The lowest BCUT2D eigenvalue weighted by atomic mass is 9.86. The largest absolute Gasteiger partial charge is 0.355 e. The van der Waals surface area contributed by atoms with Crippen molar-refractivity contribution >= 4 is 17.5 Å². The summed E-state index contributed by atoms with van der Waals surface area (Å²) < 4.78 is 0. The molecule has 0 bridgehead atoms. The third kappa shape index (κ3) is 5.04. The molecule has 2 aliphatic rings. The van der Waals surface area contributed by atoms with Crippen LogP contribution in [0.25, 0.3) is 0 Å². The zero-order valence-electron chi connectivity index (χ0n) is 17.5. The molecule has 0 spiro atoms. The Bertz CT molecular complexity index is 865. The fourth-order valence-corrected chi connectivity index (χ4v) is 4.53. The third-order valence-electron chi connectivity index (χ3n) is 6.25. The van der Waals surface area contributed by atoms with Gasteiger partial charge in [0.15, 0.2) is 0 Å².